The van der Waals surface area contributed by atoms with E-state index in [4.69, 9.17) is 0 Å². The molecular weight excluding hydrogens is 272 g/mol. The summed E-state index contributed by atoms with van der Waals surface area (Å²) in [5.41, 5.74) is 2.94. The van der Waals surface area contributed by atoms with E-state index in [1.165, 1.54) is 18.4 Å². The van der Waals surface area contributed by atoms with Gasteiger partial charge in [-0.25, -0.2) is 4.79 Å². The van der Waals surface area contributed by atoms with Gasteiger partial charge in [-0.2, -0.15) is 0 Å². The largest absolute Gasteiger partial charge is 0.323 e. The fraction of sp³-hybridized carbons (Fsp3) is 0.316. The molecule has 0 bridgehead atoms. The quantitative estimate of drug-likeness (QED) is 0.713. The standard InChI is InChI=1S/C19H24N2O/c1-3-8-15(4-2)16-11-13-18(14-12-16)21-19(22)20-17-9-6-5-7-10-17/h5-7,9-15H,3-4,8H2,1-2H3,(H2,20,21,22). The molecule has 0 aromatic heterocycles. The normalized spacial score (nSPS) is 11.7. The Hall–Kier alpha value is -2.29. The van der Waals surface area contributed by atoms with Crippen LogP contribution in [0.3, 0.4) is 0 Å². The number of carbonyl (C=O) groups is 1. The van der Waals surface area contributed by atoms with E-state index in [1.54, 1.807) is 0 Å². The molecule has 3 heteroatoms. The number of amides is 2. The van der Waals surface area contributed by atoms with E-state index in [0.717, 1.165) is 17.8 Å². The zero-order chi connectivity index (χ0) is 15.8. The molecule has 0 aliphatic heterocycles. The third-order valence-electron chi connectivity index (χ3n) is 3.80. The second kappa shape index (κ2) is 8.23. The van der Waals surface area contributed by atoms with Crippen LogP contribution < -0.4 is 10.6 Å². The number of benzene rings is 2. The summed E-state index contributed by atoms with van der Waals surface area (Å²) in [6, 6.07) is 17.4. The minimum Gasteiger partial charge on any atom is -0.308 e. The predicted molar refractivity (Wildman–Crippen MR) is 93.5 cm³/mol. The molecule has 0 saturated carbocycles. The first-order valence-corrected chi connectivity index (χ1v) is 7.96. The topological polar surface area (TPSA) is 41.1 Å². The van der Waals surface area contributed by atoms with Crippen LogP contribution in [0.2, 0.25) is 0 Å². The molecule has 0 fully saturated rings. The van der Waals surface area contributed by atoms with Crippen molar-refractivity contribution in [2.45, 2.75) is 39.0 Å². The molecule has 1 unspecified atom stereocenters. The molecule has 1 atom stereocenters. The number of carbonyl (C=O) groups excluding carboxylic acids is 1. The van der Waals surface area contributed by atoms with E-state index in [9.17, 15) is 4.79 Å². The molecule has 0 spiro atoms. The smallest absolute Gasteiger partial charge is 0.308 e. The Morgan fingerprint density at radius 3 is 2.05 bits per heavy atom. The van der Waals surface area contributed by atoms with Crippen LogP contribution in [0.15, 0.2) is 54.6 Å². The molecule has 22 heavy (non-hydrogen) atoms. The highest BCUT2D eigenvalue weighted by molar-refractivity contribution is 5.99. The molecule has 0 radical (unpaired) electrons. The Labute approximate surface area is 132 Å². The molecule has 0 saturated heterocycles. The highest BCUT2D eigenvalue weighted by Crippen LogP contribution is 2.25. The highest BCUT2D eigenvalue weighted by Gasteiger charge is 2.08. The average Bonchev–Trinajstić information content (AvgIpc) is 2.54. The van der Waals surface area contributed by atoms with Crippen molar-refractivity contribution >= 4 is 17.4 Å². The van der Waals surface area contributed by atoms with E-state index in [1.807, 2.05) is 42.5 Å². The Kier molecular flexibility index (Phi) is 6.01. The maximum absolute atomic E-state index is 11.9. The van der Waals surface area contributed by atoms with Crippen molar-refractivity contribution in [1.29, 1.82) is 0 Å². The van der Waals surface area contributed by atoms with E-state index < -0.39 is 0 Å². The van der Waals surface area contributed by atoms with Crippen LogP contribution in [-0.4, -0.2) is 6.03 Å². The van der Waals surface area contributed by atoms with E-state index in [-0.39, 0.29) is 6.03 Å². The van der Waals surface area contributed by atoms with Crippen LogP contribution in [-0.2, 0) is 0 Å². The van der Waals surface area contributed by atoms with Gasteiger partial charge in [-0.05, 0) is 48.6 Å². The monoisotopic (exact) mass is 296 g/mol. The van der Waals surface area contributed by atoms with Crippen molar-refractivity contribution < 1.29 is 4.79 Å². The van der Waals surface area contributed by atoms with E-state index in [0.29, 0.717) is 5.92 Å². The van der Waals surface area contributed by atoms with Crippen LogP contribution in [0.4, 0.5) is 16.2 Å². The van der Waals surface area contributed by atoms with Gasteiger partial charge < -0.3 is 10.6 Å². The molecule has 2 rings (SSSR count). The van der Waals surface area contributed by atoms with Crippen LogP contribution in [0, 0.1) is 0 Å². The van der Waals surface area contributed by atoms with E-state index >= 15 is 0 Å². The maximum Gasteiger partial charge on any atom is 0.323 e. The summed E-state index contributed by atoms with van der Waals surface area (Å²) in [5.74, 6) is 0.609. The third-order valence-corrected chi connectivity index (χ3v) is 3.80. The number of nitrogens with one attached hydrogen (secondary N) is 2. The Balaban J connectivity index is 1.94. The summed E-state index contributed by atoms with van der Waals surface area (Å²) in [6.45, 7) is 4.44. The second-order valence-electron chi connectivity index (χ2n) is 5.46. The minimum atomic E-state index is -0.223. The van der Waals surface area contributed by atoms with Crippen molar-refractivity contribution in [3.8, 4) is 0 Å². The molecule has 2 N–H and O–H groups in total. The summed E-state index contributed by atoms with van der Waals surface area (Å²) in [7, 11) is 0. The van der Waals surface area contributed by atoms with Gasteiger partial charge in [0.2, 0.25) is 0 Å². The molecule has 0 heterocycles. The lowest BCUT2D eigenvalue weighted by Crippen LogP contribution is -2.19. The van der Waals surface area contributed by atoms with Crippen molar-refractivity contribution in [1.82, 2.24) is 0 Å². The zero-order valence-electron chi connectivity index (χ0n) is 13.3. The molecule has 2 aromatic rings. The van der Waals surface area contributed by atoms with Gasteiger partial charge in [0.1, 0.15) is 0 Å². The lowest BCUT2D eigenvalue weighted by Gasteiger charge is -2.15. The maximum atomic E-state index is 11.9. The first-order valence-electron chi connectivity index (χ1n) is 7.96. The van der Waals surface area contributed by atoms with Crippen molar-refractivity contribution in [2.75, 3.05) is 10.6 Å². The molecule has 0 aliphatic carbocycles. The van der Waals surface area contributed by atoms with Crippen LogP contribution in [0.5, 0.6) is 0 Å². The molecule has 116 valence electrons. The van der Waals surface area contributed by atoms with Crippen molar-refractivity contribution in [2.24, 2.45) is 0 Å². The fourth-order valence-corrected chi connectivity index (χ4v) is 2.61. The number of anilines is 2. The first-order chi connectivity index (χ1) is 10.7. The molecule has 2 amide bonds. The first kappa shape index (κ1) is 16.1. The highest BCUT2D eigenvalue weighted by atomic mass is 16.2. The second-order valence-corrected chi connectivity index (χ2v) is 5.46. The van der Waals surface area contributed by atoms with Crippen molar-refractivity contribution in [3.05, 3.63) is 60.2 Å². The van der Waals surface area contributed by atoms with E-state index in [2.05, 4.69) is 36.6 Å². The molecule has 3 nitrogen and oxygen atoms in total. The van der Waals surface area contributed by atoms with Gasteiger partial charge in [-0.15, -0.1) is 0 Å². The Morgan fingerprint density at radius 1 is 0.909 bits per heavy atom. The van der Waals surface area contributed by atoms with Crippen LogP contribution in [0.25, 0.3) is 0 Å². The summed E-state index contributed by atoms with van der Waals surface area (Å²) < 4.78 is 0. The van der Waals surface area contributed by atoms with Crippen LogP contribution in [0.1, 0.15) is 44.6 Å². The van der Waals surface area contributed by atoms with Gasteiger partial charge in [-0.3, -0.25) is 0 Å². The zero-order valence-corrected chi connectivity index (χ0v) is 13.3. The Bertz CT molecular complexity index is 578. The van der Waals surface area contributed by atoms with Crippen LogP contribution >= 0.6 is 0 Å². The van der Waals surface area contributed by atoms with Gasteiger partial charge in [0, 0.05) is 11.4 Å². The summed E-state index contributed by atoms with van der Waals surface area (Å²) in [4.78, 5) is 11.9. The summed E-state index contributed by atoms with van der Waals surface area (Å²) in [6.07, 6.45) is 3.55. The summed E-state index contributed by atoms with van der Waals surface area (Å²) >= 11 is 0. The van der Waals surface area contributed by atoms with Gasteiger partial charge in [0.25, 0.3) is 0 Å². The lowest BCUT2D eigenvalue weighted by molar-refractivity contribution is 0.262. The van der Waals surface area contributed by atoms with Gasteiger partial charge in [0.05, 0.1) is 0 Å². The lowest BCUT2D eigenvalue weighted by atomic mass is 9.92. The van der Waals surface area contributed by atoms with Crippen molar-refractivity contribution in [3.63, 3.8) is 0 Å². The molecule has 2 aromatic carbocycles. The fourth-order valence-electron chi connectivity index (χ4n) is 2.61. The predicted octanol–water partition coefficient (Wildman–Crippen LogP) is 5.62. The summed E-state index contributed by atoms with van der Waals surface area (Å²) in [5, 5.41) is 5.67. The van der Waals surface area contributed by atoms with Gasteiger partial charge in [0.15, 0.2) is 0 Å². The van der Waals surface area contributed by atoms with Gasteiger partial charge >= 0.3 is 6.03 Å². The number of hydrogen-bond acceptors (Lipinski definition) is 1. The molecule has 0 aliphatic rings. The Morgan fingerprint density at radius 2 is 1.50 bits per heavy atom. The average molecular weight is 296 g/mol. The third kappa shape index (κ3) is 4.62. The van der Waals surface area contributed by atoms with Gasteiger partial charge in [-0.1, -0.05) is 50.6 Å². The SMILES string of the molecule is CCCC(CC)c1ccc(NC(=O)Nc2ccccc2)cc1. The number of para-hydroxylation sites is 1. The molecular formula is C19H24N2O. The minimum absolute atomic E-state index is 0.223. The number of rotatable bonds is 6. The number of urea groups is 1. The number of hydrogen-bond donors (Lipinski definition) is 2.